The number of aromatic amines is 1. The van der Waals surface area contributed by atoms with E-state index in [0.29, 0.717) is 42.0 Å². The Balaban J connectivity index is 1.71. The number of nitrogens with one attached hydrogen (secondary N) is 1. The summed E-state index contributed by atoms with van der Waals surface area (Å²) in [6, 6.07) is 0. The van der Waals surface area contributed by atoms with Crippen molar-refractivity contribution in [2.75, 3.05) is 0 Å². The first-order valence-corrected chi connectivity index (χ1v) is 10.4. The van der Waals surface area contributed by atoms with Gasteiger partial charge in [-0.25, -0.2) is 9.78 Å². The van der Waals surface area contributed by atoms with Crippen LogP contribution in [0.2, 0.25) is 0 Å². The molecule has 0 saturated heterocycles. The van der Waals surface area contributed by atoms with Crippen molar-refractivity contribution in [1.29, 1.82) is 0 Å². The van der Waals surface area contributed by atoms with E-state index in [4.69, 9.17) is 4.98 Å². The summed E-state index contributed by atoms with van der Waals surface area (Å²) in [5.74, 6) is 2.10. The zero-order valence-corrected chi connectivity index (χ0v) is 16.1. The van der Waals surface area contributed by atoms with Crippen molar-refractivity contribution < 1.29 is 5.11 Å². The average molecular weight is 372 g/mol. The van der Waals surface area contributed by atoms with E-state index >= 15 is 0 Å². The normalized spacial score (nSPS) is 34.2. The lowest BCUT2D eigenvalue weighted by atomic mass is 9.73. The highest BCUT2D eigenvalue weighted by Gasteiger charge is 2.63. The summed E-state index contributed by atoms with van der Waals surface area (Å²) in [7, 11) is 0. The van der Waals surface area contributed by atoms with Crippen LogP contribution in [0.25, 0.3) is 11.2 Å². The summed E-state index contributed by atoms with van der Waals surface area (Å²) in [4.78, 5) is 34.1. The monoisotopic (exact) mass is 372 g/mol. The van der Waals surface area contributed by atoms with Crippen molar-refractivity contribution in [3.63, 3.8) is 0 Å². The molecule has 4 saturated carbocycles. The molecule has 7 heteroatoms. The maximum absolute atomic E-state index is 13.0. The molecule has 0 aromatic carbocycles. The van der Waals surface area contributed by atoms with Crippen LogP contribution in [0.1, 0.15) is 58.2 Å². The molecular formula is C20H28N4O3. The summed E-state index contributed by atoms with van der Waals surface area (Å²) in [5, 5.41) is 10.5. The van der Waals surface area contributed by atoms with Crippen LogP contribution in [0.3, 0.4) is 0 Å². The van der Waals surface area contributed by atoms with E-state index in [1.165, 1.54) is 4.57 Å². The Morgan fingerprint density at radius 1 is 1.11 bits per heavy atom. The van der Waals surface area contributed by atoms with E-state index in [-0.39, 0.29) is 22.8 Å². The van der Waals surface area contributed by atoms with E-state index < -0.39 is 0 Å². The number of nitrogens with zero attached hydrogens (tertiary/aromatic N) is 3. The van der Waals surface area contributed by atoms with Crippen molar-refractivity contribution in [3.8, 4) is 0 Å². The molecule has 4 aliphatic carbocycles. The van der Waals surface area contributed by atoms with Crippen LogP contribution in [-0.2, 0) is 18.5 Å². The Bertz CT molecular complexity index is 1000. The summed E-state index contributed by atoms with van der Waals surface area (Å²) >= 11 is 0. The molecule has 4 aliphatic rings. The molecular weight excluding hydrogens is 344 g/mol. The van der Waals surface area contributed by atoms with Crippen molar-refractivity contribution in [1.82, 2.24) is 19.1 Å². The minimum Gasteiger partial charge on any atom is -0.393 e. The van der Waals surface area contributed by atoms with Gasteiger partial charge in [-0.2, -0.15) is 0 Å². The zero-order valence-electron chi connectivity index (χ0n) is 16.1. The maximum Gasteiger partial charge on any atom is 0.332 e. The number of aliphatic hydroxyl groups excluding tert-OH is 1. The first kappa shape index (κ1) is 17.2. The molecule has 2 N–H and O–H groups in total. The van der Waals surface area contributed by atoms with Crippen molar-refractivity contribution >= 4 is 11.2 Å². The van der Waals surface area contributed by atoms with Gasteiger partial charge in [-0.05, 0) is 56.3 Å². The average Bonchev–Trinajstić information content (AvgIpc) is 3.29. The maximum atomic E-state index is 13.0. The van der Waals surface area contributed by atoms with Crippen LogP contribution in [0, 0.1) is 17.8 Å². The van der Waals surface area contributed by atoms with Crippen molar-refractivity contribution in [3.05, 3.63) is 26.7 Å². The molecule has 0 amide bonds. The molecule has 0 radical (unpaired) electrons. The molecule has 0 spiro atoms. The van der Waals surface area contributed by atoms with Gasteiger partial charge in [0.25, 0.3) is 5.56 Å². The SMILES string of the molecule is CCCn1c(=O)c2[nH]c(C34CC5CC3C[C@H](C4)C5O)nc2n(CCC)c1=O. The van der Waals surface area contributed by atoms with E-state index in [9.17, 15) is 14.7 Å². The Morgan fingerprint density at radius 2 is 1.74 bits per heavy atom. The highest BCUT2D eigenvalue weighted by atomic mass is 16.3. The van der Waals surface area contributed by atoms with Crippen LogP contribution in [0.15, 0.2) is 9.59 Å². The van der Waals surface area contributed by atoms with Crippen LogP contribution in [0.5, 0.6) is 0 Å². The summed E-state index contributed by atoms with van der Waals surface area (Å²) in [6.45, 7) is 4.98. The highest BCUT2D eigenvalue weighted by Crippen LogP contribution is 2.65. The second-order valence-electron chi connectivity index (χ2n) is 8.92. The minimum absolute atomic E-state index is 0.0529. The van der Waals surface area contributed by atoms with Crippen LogP contribution in [-0.4, -0.2) is 30.3 Å². The molecule has 27 heavy (non-hydrogen) atoms. The quantitative estimate of drug-likeness (QED) is 0.836. The number of aliphatic hydroxyl groups is 1. The number of imidazole rings is 1. The lowest BCUT2D eigenvalue weighted by Gasteiger charge is -2.34. The van der Waals surface area contributed by atoms with Gasteiger partial charge >= 0.3 is 5.69 Å². The molecule has 5 atom stereocenters. The summed E-state index contributed by atoms with van der Waals surface area (Å²) < 4.78 is 3.01. The van der Waals surface area contributed by atoms with E-state index in [1.807, 2.05) is 13.8 Å². The number of aryl methyl sites for hydroxylation is 1. The lowest BCUT2D eigenvalue weighted by molar-refractivity contribution is 0.0167. The smallest absolute Gasteiger partial charge is 0.332 e. The molecule has 2 heterocycles. The van der Waals surface area contributed by atoms with Crippen LogP contribution in [0.4, 0.5) is 0 Å². The Morgan fingerprint density at radius 3 is 2.37 bits per heavy atom. The molecule has 0 aliphatic heterocycles. The van der Waals surface area contributed by atoms with E-state index in [1.54, 1.807) is 4.57 Å². The van der Waals surface area contributed by atoms with Crippen LogP contribution >= 0.6 is 0 Å². The second-order valence-corrected chi connectivity index (χ2v) is 8.92. The van der Waals surface area contributed by atoms with Gasteiger partial charge < -0.3 is 10.1 Å². The molecule has 2 aromatic heterocycles. The van der Waals surface area contributed by atoms with Gasteiger partial charge in [-0.15, -0.1) is 0 Å². The first-order chi connectivity index (χ1) is 13.0. The van der Waals surface area contributed by atoms with Gasteiger partial charge in [0.2, 0.25) is 0 Å². The number of hydrogen-bond donors (Lipinski definition) is 2. The van der Waals surface area contributed by atoms with Gasteiger partial charge in [0.05, 0.1) is 6.10 Å². The molecule has 4 unspecified atom stereocenters. The third-order valence-electron chi connectivity index (χ3n) is 7.40. The minimum atomic E-state index is -0.253. The third kappa shape index (κ3) is 2.15. The number of fused-ring (bicyclic) bond motifs is 1. The molecule has 146 valence electrons. The Kier molecular flexibility index (Phi) is 3.70. The van der Waals surface area contributed by atoms with Crippen molar-refractivity contribution in [2.24, 2.45) is 17.8 Å². The topological polar surface area (TPSA) is 92.9 Å². The fourth-order valence-electron chi connectivity index (χ4n) is 6.34. The standard InChI is InChI=1S/C20H28N4O3/c1-3-5-23-16-14(17(26)24(6-4-2)19(23)27)21-18(22-16)20-9-11-7-13(20)8-12(10-20)15(11)25/h11-13,15,25H,3-10H2,1-2H3,(H,21,22)/t11-,12?,13?,15?,20?/m1/s1. The van der Waals surface area contributed by atoms with E-state index in [2.05, 4.69) is 4.98 Å². The van der Waals surface area contributed by atoms with E-state index in [0.717, 1.165) is 44.3 Å². The molecule has 4 bridgehead atoms. The lowest BCUT2D eigenvalue weighted by Crippen LogP contribution is -2.40. The predicted octanol–water partition coefficient (Wildman–Crippen LogP) is 1.75. The first-order valence-electron chi connectivity index (χ1n) is 10.4. The molecule has 7 nitrogen and oxygen atoms in total. The number of hydrogen-bond acceptors (Lipinski definition) is 4. The van der Waals surface area contributed by atoms with Gasteiger partial charge in [-0.3, -0.25) is 13.9 Å². The fourth-order valence-corrected chi connectivity index (χ4v) is 6.34. The van der Waals surface area contributed by atoms with Gasteiger partial charge in [0, 0.05) is 18.5 Å². The van der Waals surface area contributed by atoms with Gasteiger partial charge in [0.15, 0.2) is 5.65 Å². The van der Waals surface area contributed by atoms with Gasteiger partial charge in [-0.1, -0.05) is 13.8 Å². The van der Waals surface area contributed by atoms with Crippen LogP contribution < -0.4 is 11.2 Å². The number of H-pyrrole nitrogens is 1. The molecule has 2 aromatic rings. The highest BCUT2D eigenvalue weighted by molar-refractivity contribution is 5.70. The Labute approximate surface area is 157 Å². The molecule has 4 fully saturated rings. The predicted molar refractivity (Wildman–Crippen MR) is 102 cm³/mol. The van der Waals surface area contributed by atoms with Gasteiger partial charge in [0.1, 0.15) is 11.3 Å². The summed E-state index contributed by atoms with van der Waals surface area (Å²) in [6.07, 6.45) is 5.35. The van der Waals surface area contributed by atoms with Crippen molar-refractivity contribution in [2.45, 2.75) is 77.0 Å². The molecule has 6 rings (SSSR count). The largest absolute Gasteiger partial charge is 0.393 e. The number of aromatic nitrogens is 4. The summed E-state index contributed by atoms with van der Waals surface area (Å²) in [5.41, 5.74) is 0.419. The number of rotatable bonds is 5. The fraction of sp³-hybridized carbons (Fsp3) is 0.750. The second kappa shape index (κ2) is 5.80. The Hall–Kier alpha value is -1.89. The third-order valence-corrected chi connectivity index (χ3v) is 7.40. The zero-order chi connectivity index (χ0) is 18.9.